The molecule has 6 nitrogen and oxygen atoms in total. The summed E-state index contributed by atoms with van der Waals surface area (Å²) < 4.78 is 10.5. The van der Waals surface area contributed by atoms with E-state index in [2.05, 4.69) is 15.3 Å². The fraction of sp³-hybridized carbons (Fsp3) is 0.294. The minimum Gasteiger partial charge on any atom is -0.497 e. The average Bonchev–Trinajstić information content (AvgIpc) is 2.56. The molecular formula is C17H22N4O2. The number of guanidine groups is 1. The van der Waals surface area contributed by atoms with E-state index in [1.54, 1.807) is 20.4 Å². The molecule has 1 aromatic heterocycles. The molecule has 122 valence electrons. The first-order valence-corrected chi connectivity index (χ1v) is 7.32. The molecular weight excluding hydrogens is 292 g/mol. The molecule has 0 aliphatic rings. The summed E-state index contributed by atoms with van der Waals surface area (Å²) in [7, 11) is 3.21. The molecule has 0 amide bonds. The zero-order valence-corrected chi connectivity index (χ0v) is 13.7. The highest BCUT2D eigenvalue weighted by molar-refractivity contribution is 5.94. The second kappa shape index (κ2) is 8.03. The monoisotopic (exact) mass is 314 g/mol. The third kappa shape index (κ3) is 4.60. The minimum absolute atomic E-state index is 0.336. The number of nitrogens with zero attached hydrogens (tertiary/aromatic N) is 2. The van der Waals surface area contributed by atoms with Crippen LogP contribution in [0.1, 0.15) is 11.1 Å². The van der Waals surface area contributed by atoms with Crippen LogP contribution in [0.2, 0.25) is 0 Å². The largest absolute Gasteiger partial charge is 0.497 e. The number of hydrogen-bond acceptors (Lipinski definition) is 4. The zero-order chi connectivity index (χ0) is 16.7. The molecule has 0 unspecified atom stereocenters. The number of pyridine rings is 1. The molecule has 0 aliphatic heterocycles. The molecule has 0 spiro atoms. The third-order valence-electron chi connectivity index (χ3n) is 3.47. The topological polar surface area (TPSA) is 81.8 Å². The smallest absolute Gasteiger partial charge is 0.193 e. The fourth-order valence-corrected chi connectivity index (χ4v) is 2.17. The molecule has 0 fully saturated rings. The molecule has 0 saturated heterocycles. The first kappa shape index (κ1) is 16.6. The lowest BCUT2D eigenvalue weighted by Crippen LogP contribution is -2.23. The Balaban J connectivity index is 2.01. The Labute approximate surface area is 136 Å². The number of aliphatic imine (C=N–C) groups is 1. The Morgan fingerprint density at radius 1 is 1.26 bits per heavy atom. The van der Waals surface area contributed by atoms with Gasteiger partial charge in [-0.3, -0.25) is 9.98 Å². The van der Waals surface area contributed by atoms with Crippen molar-refractivity contribution in [1.82, 2.24) is 4.98 Å². The Kier molecular flexibility index (Phi) is 5.80. The summed E-state index contributed by atoms with van der Waals surface area (Å²) in [6, 6.07) is 7.45. The molecule has 1 heterocycles. The third-order valence-corrected chi connectivity index (χ3v) is 3.47. The van der Waals surface area contributed by atoms with E-state index < -0.39 is 0 Å². The molecule has 6 heteroatoms. The van der Waals surface area contributed by atoms with Crippen molar-refractivity contribution in [1.29, 1.82) is 0 Å². The Bertz CT molecular complexity index is 686. The van der Waals surface area contributed by atoms with Crippen molar-refractivity contribution >= 4 is 11.6 Å². The van der Waals surface area contributed by atoms with Crippen LogP contribution in [0, 0.1) is 6.92 Å². The standard InChI is InChI=1S/C17H22N4O2/c1-12-11-19-8-6-13(12)7-9-20-17(18)21-15-10-14(22-2)4-5-16(15)23-3/h4-6,8,10-11H,7,9H2,1-3H3,(H3,18,20,21). The number of nitrogens with two attached hydrogens (primary N) is 1. The summed E-state index contributed by atoms with van der Waals surface area (Å²) in [6.45, 7) is 2.63. The number of benzene rings is 1. The molecule has 0 atom stereocenters. The maximum Gasteiger partial charge on any atom is 0.193 e. The van der Waals surface area contributed by atoms with Crippen LogP contribution >= 0.6 is 0 Å². The molecule has 2 aromatic rings. The number of hydrogen-bond donors (Lipinski definition) is 2. The van der Waals surface area contributed by atoms with Gasteiger partial charge in [-0.15, -0.1) is 0 Å². The number of anilines is 1. The van der Waals surface area contributed by atoms with Gasteiger partial charge in [0, 0.05) is 25.0 Å². The molecule has 0 aliphatic carbocycles. The van der Waals surface area contributed by atoms with E-state index in [0.717, 1.165) is 12.0 Å². The molecule has 23 heavy (non-hydrogen) atoms. The minimum atomic E-state index is 0.336. The zero-order valence-electron chi connectivity index (χ0n) is 13.7. The summed E-state index contributed by atoms with van der Waals surface area (Å²) in [5, 5.41) is 3.05. The van der Waals surface area contributed by atoms with Gasteiger partial charge in [-0.2, -0.15) is 0 Å². The molecule has 0 saturated carbocycles. The van der Waals surface area contributed by atoms with Crippen LogP contribution in [0.25, 0.3) is 0 Å². The predicted octanol–water partition coefficient (Wildman–Crippen LogP) is 2.38. The Morgan fingerprint density at radius 3 is 2.78 bits per heavy atom. The van der Waals surface area contributed by atoms with E-state index in [1.165, 1.54) is 5.56 Å². The first-order chi connectivity index (χ1) is 11.1. The average molecular weight is 314 g/mol. The van der Waals surface area contributed by atoms with E-state index in [1.807, 2.05) is 37.4 Å². The molecule has 1 aromatic carbocycles. The van der Waals surface area contributed by atoms with Crippen LogP contribution in [0.5, 0.6) is 11.5 Å². The fourth-order valence-electron chi connectivity index (χ4n) is 2.17. The van der Waals surface area contributed by atoms with Gasteiger partial charge in [0.25, 0.3) is 0 Å². The lowest BCUT2D eigenvalue weighted by Gasteiger charge is -2.12. The van der Waals surface area contributed by atoms with Crippen molar-refractivity contribution in [3.8, 4) is 11.5 Å². The Morgan fingerprint density at radius 2 is 2.09 bits per heavy atom. The van der Waals surface area contributed by atoms with E-state index in [9.17, 15) is 0 Å². The van der Waals surface area contributed by atoms with Crippen LogP contribution < -0.4 is 20.5 Å². The highest BCUT2D eigenvalue weighted by Crippen LogP contribution is 2.28. The molecule has 3 N–H and O–H groups in total. The van der Waals surface area contributed by atoms with Crippen molar-refractivity contribution in [3.63, 3.8) is 0 Å². The molecule has 0 radical (unpaired) electrons. The van der Waals surface area contributed by atoms with Crippen LogP contribution in [0.4, 0.5) is 5.69 Å². The van der Waals surface area contributed by atoms with Gasteiger partial charge in [-0.1, -0.05) is 0 Å². The van der Waals surface area contributed by atoms with Crippen molar-refractivity contribution in [2.45, 2.75) is 13.3 Å². The van der Waals surface area contributed by atoms with Gasteiger partial charge in [0.15, 0.2) is 5.96 Å². The van der Waals surface area contributed by atoms with Gasteiger partial charge in [-0.25, -0.2) is 0 Å². The van der Waals surface area contributed by atoms with Gasteiger partial charge in [0.1, 0.15) is 11.5 Å². The lowest BCUT2D eigenvalue weighted by atomic mass is 10.1. The number of ether oxygens (including phenoxy) is 2. The van der Waals surface area contributed by atoms with Crippen molar-refractivity contribution < 1.29 is 9.47 Å². The van der Waals surface area contributed by atoms with Crippen LogP contribution in [-0.4, -0.2) is 31.7 Å². The Hall–Kier alpha value is -2.76. The highest BCUT2D eigenvalue weighted by Gasteiger charge is 2.06. The first-order valence-electron chi connectivity index (χ1n) is 7.32. The number of methoxy groups -OCH3 is 2. The van der Waals surface area contributed by atoms with Crippen molar-refractivity contribution in [2.24, 2.45) is 10.7 Å². The van der Waals surface area contributed by atoms with Gasteiger partial charge in [0.05, 0.1) is 19.9 Å². The second-order valence-corrected chi connectivity index (χ2v) is 5.01. The number of aryl methyl sites for hydroxylation is 1. The summed E-state index contributed by atoms with van der Waals surface area (Å²) in [6.07, 6.45) is 4.45. The van der Waals surface area contributed by atoms with Crippen LogP contribution in [0.3, 0.4) is 0 Å². The summed E-state index contributed by atoms with van der Waals surface area (Å²) in [5.41, 5.74) is 9.04. The van der Waals surface area contributed by atoms with Gasteiger partial charge >= 0.3 is 0 Å². The van der Waals surface area contributed by atoms with E-state index >= 15 is 0 Å². The van der Waals surface area contributed by atoms with Crippen molar-refractivity contribution in [3.05, 3.63) is 47.8 Å². The van der Waals surface area contributed by atoms with Crippen LogP contribution in [0.15, 0.2) is 41.7 Å². The SMILES string of the molecule is COc1ccc(OC)c(NC(N)=NCCc2ccncc2C)c1. The summed E-state index contributed by atoms with van der Waals surface area (Å²) in [4.78, 5) is 8.43. The normalized spacial score (nSPS) is 11.2. The number of rotatable bonds is 6. The van der Waals surface area contributed by atoms with Crippen LogP contribution in [-0.2, 0) is 6.42 Å². The predicted molar refractivity (Wildman–Crippen MR) is 92.3 cm³/mol. The lowest BCUT2D eigenvalue weighted by molar-refractivity contribution is 0.405. The van der Waals surface area contributed by atoms with E-state index in [-0.39, 0.29) is 0 Å². The maximum atomic E-state index is 5.95. The van der Waals surface area contributed by atoms with E-state index in [4.69, 9.17) is 15.2 Å². The second-order valence-electron chi connectivity index (χ2n) is 5.01. The van der Waals surface area contributed by atoms with Gasteiger partial charge in [0.2, 0.25) is 0 Å². The van der Waals surface area contributed by atoms with Gasteiger partial charge < -0.3 is 20.5 Å². The summed E-state index contributed by atoms with van der Waals surface area (Å²) >= 11 is 0. The number of nitrogens with one attached hydrogen (secondary N) is 1. The summed E-state index contributed by atoms with van der Waals surface area (Å²) in [5.74, 6) is 1.73. The molecule has 0 bridgehead atoms. The quantitative estimate of drug-likeness (QED) is 0.632. The van der Waals surface area contributed by atoms with E-state index in [0.29, 0.717) is 29.7 Å². The molecule has 2 rings (SSSR count). The van der Waals surface area contributed by atoms with Crippen molar-refractivity contribution in [2.75, 3.05) is 26.1 Å². The van der Waals surface area contributed by atoms with Gasteiger partial charge in [-0.05, 0) is 42.7 Å². The maximum absolute atomic E-state index is 5.95. The number of aromatic nitrogens is 1. The highest BCUT2D eigenvalue weighted by atomic mass is 16.5.